The Morgan fingerprint density at radius 2 is 1.95 bits per heavy atom. The third kappa shape index (κ3) is 4.37. The van der Waals surface area contributed by atoms with Crippen LogP contribution in [0.1, 0.15) is 41.8 Å². The minimum atomic E-state index is -1.10. The number of benzene rings is 1. The van der Waals surface area contributed by atoms with Crippen LogP contribution in [0.4, 0.5) is 8.78 Å². The predicted octanol–water partition coefficient (Wildman–Crippen LogP) is 3.63. The van der Waals surface area contributed by atoms with Crippen molar-refractivity contribution in [1.29, 1.82) is 0 Å². The first-order valence-corrected chi connectivity index (χ1v) is 12.7. The molecule has 10 heteroatoms. The van der Waals surface area contributed by atoms with Crippen LogP contribution in [0.15, 0.2) is 35.1 Å². The molecule has 0 aliphatic heterocycles. The van der Waals surface area contributed by atoms with Crippen LogP contribution < -0.4 is 15.6 Å². The predicted molar refractivity (Wildman–Crippen MR) is 140 cm³/mol. The molecule has 4 aromatic rings. The fourth-order valence-electron chi connectivity index (χ4n) is 5.07. The van der Waals surface area contributed by atoms with Gasteiger partial charge in [-0.3, -0.25) is 9.48 Å². The molecule has 1 fully saturated rings. The smallest absolute Gasteiger partial charge is 0.251 e. The molecule has 3 heterocycles. The number of rotatable bonds is 8. The molecule has 0 radical (unpaired) electrons. The van der Waals surface area contributed by atoms with E-state index in [0.29, 0.717) is 59.4 Å². The van der Waals surface area contributed by atoms with Crippen molar-refractivity contribution in [2.24, 2.45) is 14.1 Å². The minimum absolute atomic E-state index is 0.0517. The molecule has 8 nitrogen and oxygen atoms in total. The summed E-state index contributed by atoms with van der Waals surface area (Å²) in [7, 11) is 5.25. The fourth-order valence-corrected chi connectivity index (χ4v) is 5.07. The molecular weight excluding hydrogens is 492 g/mol. The standard InChI is InChI=1S/C28H31F2N5O3/c1-16-18(27(33-35(16)4)28(37)11-5-12-28)10-13-38-26-19(6-7-20(29)24(26)30)21-8-9-22-25(32-21)17(15-31-2)14-23(36)34(22)3/h6-9,14,31,37H,5,10-13,15H2,1-4H3. The Morgan fingerprint density at radius 3 is 2.63 bits per heavy atom. The summed E-state index contributed by atoms with van der Waals surface area (Å²) in [4.78, 5) is 17.1. The van der Waals surface area contributed by atoms with E-state index >= 15 is 4.39 Å². The van der Waals surface area contributed by atoms with Crippen molar-refractivity contribution in [3.8, 4) is 17.0 Å². The number of fused-ring (bicyclic) bond motifs is 1. The Hall–Kier alpha value is -3.63. The Bertz CT molecular complexity index is 1590. The molecular formula is C28H31F2N5O3. The maximum absolute atomic E-state index is 15.1. The van der Waals surface area contributed by atoms with E-state index in [0.717, 1.165) is 23.7 Å². The van der Waals surface area contributed by atoms with Crippen molar-refractivity contribution in [1.82, 2.24) is 24.6 Å². The number of nitrogens with zero attached hydrogens (tertiary/aromatic N) is 4. The van der Waals surface area contributed by atoms with Crippen LogP contribution in [0.5, 0.6) is 5.75 Å². The molecule has 0 spiro atoms. The highest BCUT2D eigenvalue weighted by Crippen LogP contribution is 2.42. The summed E-state index contributed by atoms with van der Waals surface area (Å²) in [5.74, 6) is -2.35. The highest BCUT2D eigenvalue weighted by Gasteiger charge is 2.41. The molecule has 0 unspecified atom stereocenters. The van der Waals surface area contributed by atoms with Gasteiger partial charge in [-0.2, -0.15) is 9.49 Å². The van der Waals surface area contributed by atoms with Gasteiger partial charge in [0.05, 0.1) is 29.0 Å². The molecule has 5 rings (SSSR count). The summed E-state index contributed by atoms with van der Waals surface area (Å²) < 4.78 is 38.5. The van der Waals surface area contributed by atoms with Crippen LogP contribution in [-0.2, 0) is 32.7 Å². The number of aromatic nitrogens is 4. The second-order valence-electron chi connectivity index (χ2n) is 9.92. The highest BCUT2D eigenvalue weighted by molar-refractivity contribution is 5.82. The summed E-state index contributed by atoms with van der Waals surface area (Å²) >= 11 is 0. The van der Waals surface area contributed by atoms with Crippen LogP contribution in [0, 0.1) is 18.6 Å². The number of aryl methyl sites for hydroxylation is 2. The van der Waals surface area contributed by atoms with Gasteiger partial charge in [-0.1, -0.05) is 0 Å². The zero-order chi connectivity index (χ0) is 27.2. The van der Waals surface area contributed by atoms with Crippen molar-refractivity contribution < 1.29 is 18.6 Å². The van der Waals surface area contributed by atoms with E-state index in [9.17, 15) is 14.3 Å². The molecule has 1 aliphatic rings. The first-order valence-electron chi connectivity index (χ1n) is 12.7. The van der Waals surface area contributed by atoms with Gasteiger partial charge >= 0.3 is 0 Å². The van der Waals surface area contributed by atoms with Crippen LogP contribution in [0.2, 0.25) is 0 Å². The van der Waals surface area contributed by atoms with Gasteiger partial charge in [-0.05, 0) is 63.1 Å². The lowest BCUT2D eigenvalue weighted by Gasteiger charge is -2.35. The van der Waals surface area contributed by atoms with Gasteiger partial charge in [0.15, 0.2) is 11.6 Å². The normalized spacial score (nSPS) is 14.6. The third-order valence-corrected chi connectivity index (χ3v) is 7.54. The third-order valence-electron chi connectivity index (χ3n) is 7.54. The Labute approximate surface area is 218 Å². The molecule has 0 saturated heterocycles. The van der Waals surface area contributed by atoms with E-state index in [1.807, 2.05) is 14.0 Å². The van der Waals surface area contributed by atoms with Gasteiger partial charge in [-0.15, -0.1) is 0 Å². The van der Waals surface area contributed by atoms with E-state index in [-0.39, 0.29) is 17.9 Å². The molecule has 0 bridgehead atoms. The summed E-state index contributed by atoms with van der Waals surface area (Å²) in [6.45, 7) is 2.39. The first-order chi connectivity index (χ1) is 18.1. The van der Waals surface area contributed by atoms with E-state index in [1.165, 1.54) is 16.7 Å². The lowest BCUT2D eigenvalue weighted by molar-refractivity contribution is -0.0437. The van der Waals surface area contributed by atoms with Crippen LogP contribution in [0.25, 0.3) is 22.3 Å². The summed E-state index contributed by atoms with van der Waals surface area (Å²) in [6, 6.07) is 7.42. The molecule has 38 heavy (non-hydrogen) atoms. The molecule has 2 N–H and O–H groups in total. The number of ether oxygens (including phenoxy) is 1. The van der Waals surface area contributed by atoms with Crippen molar-refractivity contribution in [2.75, 3.05) is 13.7 Å². The number of nitrogens with one attached hydrogen (secondary N) is 1. The summed E-state index contributed by atoms with van der Waals surface area (Å²) in [5, 5.41) is 18.5. The maximum atomic E-state index is 15.1. The van der Waals surface area contributed by atoms with Crippen molar-refractivity contribution in [3.63, 3.8) is 0 Å². The molecule has 1 aliphatic carbocycles. The van der Waals surface area contributed by atoms with Gasteiger partial charge in [0, 0.05) is 49.9 Å². The van der Waals surface area contributed by atoms with Crippen LogP contribution >= 0.6 is 0 Å². The first kappa shape index (κ1) is 26.0. The van der Waals surface area contributed by atoms with Gasteiger partial charge in [-0.25, -0.2) is 9.37 Å². The number of hydrogen-bond acceptors (Lipinski definition) is 6. The number of pyridine rings is 2. The summed E-state index contributed by atoms with van der Waals surface area (Å²) in [5.41, 5.74) is 3.88. The van der Waals surface area contributed by atoms with Gasteiger partial charge in [0.1, 0.15) is 5.60 Å². The van der Waals surface area contributed by atoms with Crippen LogP contribution in [0.3, 0.4) is 0 Å². The van der Waals surface area contributed by atoms with Crippen LogP contribution in [-0.4, -0.2) is 38.1 Å². The Kier molecular flexibility index (Phi) is 6.79. The number of hydrogen-bond donors (Lipinski definition) is 2. The van der Waals surface area contributed by atoms with E-state index in [2.05, 4.69) is 10.4 Å². The lowest BCUT2D eigenvalue weighted by Crippen LogP contribution is -2.35. The fraction of sp³-hybridized carbons (Fsp3) is 0.393. The van der Waals surface area contributed by atoms with Crippen molar-refractivity contribution in [3.05, 3.63) is 74.8 Å². The topological polar surface area (TPSA) is 94.2 Å². The molecule has 200 valence electrons. The molecule has 0 amide bonds. The van der Waals surface area contributed by atoms with Gasteiger partial charge < -0.3 is 19.7 Å². The number of halogens is 2. The molecule has 1 saturated carbocycles. The van der Waals surface area contributed by atoms with Gasteiger partial charge in [0.25, 0.3) is 5.56 Å². The quantitative estimate of drug-likeness (QED) is 0.366. The zero-order valence-corrected chi connectivity index (χ0v) is 21.9. The van der Waals surface area contributed by atoms with E-state index in [1.54, 1.807) is 30.9 Å². The average Bonchev–Trinajstić information content (AvgIpc) is 3.17. The van der Waals surface area contributed by atoms with E-state index < -0.39 is 17.2 Å². The maximum Gasteiger partial charge on any atom is 0.251 e. The Balaban J connectivity index is 1.50. The lowest BCUT2D eigenvalue weighted by atomic mass is 9.76. The van der Waals surface area contributed by atoms with E-state index in [4.69, 9.17) is 9.72 Å². The second kappa shape index (κ2) is 9.92. The monoisotopic (exact) mass is 523 g/mol. The molecule has 1 aromatic carbocycles. The highest BCUT2D eigenvalue weighted by atomic mass is 19.2. The number of aliphatic hydroxyl groups is 1. The van der Waals surface area contributed by atoms with Crippen molar-refractivity contribution >= 4 is 11.0 Å². The molecule has 0 atom stereocenters. The average molecular weight is 524 g/mol. The largest absolute Gasteiger partial charge is 0.489 e. The summed E-state index contributed by atoms with van der Waals surface area (Å²) in [6.07, 6.45) is 2.60. The molecule has 3 aromatic heterocycles. The SMILES string of the molecule is CNCc1cc(=O)n(C)c2ccc(-c3ccc(F)c(F)c3OCCc3c(C4(O)CCC4)nn(C)c3C)nc12. The van der Waals surface area contributed by atoms with Crippen molar-refractivity contribution in [2.45, 2.75) is 44.8 Å². The minimum Gasteiger partial charge on any atom is -0.489 e. The Morgan fingerprint density at radius 1 is 1.18 bits per heavy atom. The second-order valence-corrected chi connectivity index (χ2v) is 9.92. The zero-order valence-electron chi connectivity index (χ0n) is 21.9. The van der Waals surface area contributed by atoms with Gasteiger partial charge in [0.2, 0.25) is 5.82 Å².